The van der Waals surface area contributed by atoms with Gasteiger partial charge in [-0.1, -0.05) is 135 Å². The van der Waals surface area contributed by atoms with Crippen LogP contribution in [0.5, 0.6) is 0 Å². The van der Waals surface area contributed by atoms with Gasteiger partial charge in [-0.25, -0.2) is 9.97 Å². The topological polar surface area (TPSA) is 30.7 Å². The van der Waals surface area contributed by atoms with Gasteiger partial charge in [0.15, 0.2) is 5.82 Å². The summed E-state index contributed by atoms with van der Waals surface area (Å²) >= 11 is 0. The minimum Gasteiger partial charge on any atom is -0.309 e. The summed E-state index contributed by atoms with van der Waals surface area (Å²) in [5.74, 6) is 0.746. The highest BCUT2D eigenvalue weighted by molar-refractivity contribution is 6.14. The molecule has 0 fully saturated rings. The van der Waals surface area contributed by atoms with Crippen molar-refractivity contribution in [3.63, 3.8) is 0 Å². The second-order valence-corrected chi connectivity index (χ2v) is 15.8. The van der Waals surface area contributed by atoms with Crippen LogP contribution in [0, 0.1) is 0 Å². The van der Waals surface area contributed by atoms with E-state index in [1.807, 2.05) is 0 Å². The zero-order valence-electron chi connectivity index (χ0n) is 31.1. The van der Waals surface area contributed by atoms with Gasteiger partial charge >= 0.3 is 0 Å². The lowest BCUT2D eigenvalue weighted by Gasteiger charge is -2.22. The fourth-order valence-corrected chi connectivity index (χ4v) is 9.62. The Bertz CT molecular complexity index is 3280. The van der Waals surface area contributed by atoms with Crippen LogP contribution in [0.15, 0.2) is 176 Å². The van der Waals surface area contributed by atoms with Gasteiger partial charge in [0.25, 0.3) is 0 Å². The molecule has 56 heavy (non-hydrogen) atoms. The van der Waals surface area contributed by atoms with Crippen LogP contribution in [0.1, 0.15) is 25.0 Å². The van der Waals surface area contributed by atoms with E-state index in [1.54, 1.807) is 0 Å². The van der Waals surface area contributed by atoms with E-state index in [2.05, 4.69) is 194 Å². The second-order valence-electron chi connectivity index (χ2n) is 15.8. The minimum atomic E-state index is -0.0537. The van der Waals surface area contributed by atoms with Crippen molar-refractivity contribution in [1.29, 1.82) is 0 Å². The van der Waals surface area contributed by atoms with Crippen LogP contribution in [0.4, 0.5) is 0 Å². The van der Waals surface area contributed by atoms with E-state index < -0.39 is 0 Å². The Morgan fingerprint density at radius 2 is 1.00 bits per heavy atom. The number of benzene rings is 8. The normalized spacial score (nSPS) is 13.3. The Hall–Kier alpha value is -7.10. The van der Waals surface area contributed by atoms with Gasteiger partial charge < -0.3 is 4.57 Å². The Labute approximate surface area is 325 Å². The van der Waals surface area contributed by atoms with Gasteiger partial charge in [-0.05, 0) is 110 Å². The molecular formula is C53H35N3. The highest BCUT2D eigenvalue weighted by Gasteiger charge is 2.35. The lowest BCUT2D eigenvalue weighted by molar-refractivity contribution is 0.660. The summed E-state index contributed by atoms with van der Waals surface area (Å²) < 4.78 is 2.40. The van der Waals surface area contributed by atoms with Crippen molar-refractivity contribution in [3.8, 4) is 72.8 Å². The first-order valence-electron chi connectivity index (χ1n) is 19.4. The van der Waals surface area contributed by atoms with Crippen LogP contribution in [0.3, 0.4) is 0 Å². The molecule has 10 aromatic rings. The predicted molar refractivity (Wildman–Crippen MR) is 232 cm³/mol. The summed E-state index contributed by atoms with van der Waals surface area (Å²) in [7, 11) is 0. The van der Waals surface area contributed by atoms with Crippen molar-refractivity contribution >= 4 is 32.7 Å². The summed E-state index contributed by atoms with van der Waals surface area (Å²) in [6.07, 6.45) is 0. The molecule has 0 amide bonds. The number of aromatic nitrogens is 3. The molecule has 2 aromatic heterocycles. The first-order chi connectivity index (χ1) is 27.5. The van der Waals surface area contributed by atoms with Gasteiger partial charge in [-0.15, -0.1) is 0 Å². The molecule has 0 saturated carbocycles. The van der Waals surface area contributed by atoms with Crippen LogP contribution >= 0.6 is 0 Å². The van der Waals surface area contributed by atoms with Crippen LogP contribution in [-0.2, 0) is 5.41 Å². The Morgan fingerprint density at radius 1 is 0.411 bits per heavy atom. The van der Waals surface area contributed by atoms with E-state index in [-0.39, 0.29) is 5.41 Å². The smallest absolute Gasteiger partial charge is 0.160 e. The zero-order valence-corrected chi connectivity index (χ0v) is 31.1. The zero-order chi connectivity index (χ0) is 37.1. The molecule has 8 aromatic carbocycles. The van der Waals surface area contributed by atoms with E-state index in [9.17, 15) is 0 Å². The summed E-state index contributed by atoms with van der Waals surface area (Å²) in [5.41, 5.74) is 20.3. The molecule has 262 valence electrons. The average molecular weight is 714 g/mol. The van der Waals surface area contributed by atoms with E-state index in [0.717, 1.165) is 44.8 Å². The van der Waals surface area contributed by atoms with Gasteiger partial charge in [-0.2, -0.15) is 0 Å². The first kappa shape index (κ1) is 31.3. The fourth-order valence-electron chi connectivity index (χ4n) is 9.62. The molecular weight excluding hydrogens is 679 g/mol. The highest BCUT2D eigenvalue weighted by atomic mass is 15.0. The van der Waals surface area contributed by atoms with Crippen LogP contribution in [-0.4, -0.2) is 14.5 Å². The molecule has 2 heterocycles. The third kappa shape index (κ3) is 4.40. The maximum atomic E-state index is 5.21. The SMILES string of the molecule is CC1(C)c2ccccc2-c2ccc(-c3ccc4c(c3)c3cc(-c5cccc(-c6nc7c8c(cccc8n6)-c6ccccc6-7)c5)ccc3n4-c3ccccc3)cc21. The molecule has 2 aliphatic carbocycles. The predicted octanol–water partition coefficient (Wildman–Crippen LogP) is 13.7. The van der Waals surface area contributed by atoms with Crippen molar-refractivity contribution in [2.45, 2.75) is 19.3 Å². The molecule has 3 nitrogen and oxygen atoms in total. The molecule has 0 saturated heterocycles. The van der Waals surface area contributed by atoms with E-state index in [4.69, 9.17) is 9.97 Å². The van der Waals surface area contributed by atoms with E-state index in [0.29, 0.717) is 0 Å². The number of rotatable bonds is 4. The molecule has 2 aliphatic rings. The second kappa shape index (κ2) is 11.5. The van der Waals surface area contributed by atoms with Gasteiger partial charge in [0.1, 0.15) is 0 Å². The summed E-state index contributed by atoms with van der Waals surface area (Å²) in [5, 5.41) is 3.60. The fraction of sp³-hybridized carbons (Fsp3) is 0.0566. The highest BCUT2D eigenvalue weighted by Crippen LogP contribution is 2.50. The summed E-state index contributed by atoms with van der Waals surface area (Å²) in [4.78, 5) is 10.3. The monoisotopic (exact) mass is 713 g/mol. The maximum absolute atomic E-state index is 5.21. The average Bonchev–Trinajstić information content (AvgIpc) is 3.84. The van der Waals surface area contributed by atoms with Crippen LogP contribution < -0.4 is 0 Å². The molecule has 12 rings (SSSR count). The lowest BCUT2D eigenvalue weighted by Crippen LogP contribution is -2.14. The van der Waals surface area contributed by atoms with Gasteiger partial charge in [0.05, 0.1) is 22.2 Å². The molecule has 0 radical (unpaired) electrons. The maximum Gasteiger partial charge on any atom is 0.160 e. The van der Waals surface area contributed by atoms with E-state index >= 15 is 0 Å². The van der Waals surface area contributed by atoms with Crippen molar-refractivity contribution in [3.05, 3.63) is 187 Å². The van der Waals surface area contributed by atoms with Crippen molar-refractivity contribution < 1.29 is 0 Å². The van der Waals surface area contributed by atoms with Crippen molar-refractivity contribution in [2.24, 2.45) is 0 Å². The van der Waals surface area contributed by atoms with Crippen molar-refractivity contribution in [1.82, 2.24) is 14.5 Å². The molecule has 0 atom stereocenters. The lowest BCUT2D eigenvalue weighted by atomic mass is 9.81. The van der Waals surface area contributed by atoms with Crippen LogP contribution in [0.2, 0.25) is 0 Å². The number of fused-ring (bicyclic) bond motifs is 9. The van der Waals surface area contributed by atoms with Gasteiger partial charge in [0.2, 0.25) is 0 Å². The number of hydrogen-bond acceptors (Lipinski definition) is 2. The third-order valence-corrected chi connectivity index (χ3v) is 12.3. The van der Waals surface area contributed by atoms with Gasteiger partial charge in [0, 0.05) is 38.4 Å². The molecule has 0 unspecified atom stereocenters. The Balaban J connectivity index is 1.01. The number of nitrogens with zero attached hydrogens (tertiary/aromatic N) is 3. The molecule has 0 N–H and O–H groups in total. The number of hydrogen-bond donors (Lipinski definition) is 0. The summed E-state index contributed by atoms with van der Waals surface area (Å²) in [6.45, 7) is 4.70. The molecule has 3 heteroatoms. The molecule has 0 spiro atoms. The van der Waals surface area contributed by atoms with Gasteiger partial charge in [-0.3, -0.25) is 0 Å². The molecule has 0 aliphatic heterocycles. The standard InChI is InChI=1S/C53H35N3/c1-53(2)45-20-9-8-17-39(45)40-25-22-35(31-46(40)53)34-24-27-49-44(30-34)43-29-33(23-26-48(43)56(49)37-14-4-3-5-15-37)32-12-10-13-36(28-32)52-54-47-21-11-19-41-38-16-6-7-18-42(38)51(55-52)50(41)47/h3-31H,1-2H3. The van der Waals surface area contributed by atoms with Crippen LogP contribution in [0.25, 0.3) is 106 Å². The molecule has 0 bridgehead atoms. The third-order valence-electron chi connectivity index (χ3n) is 12.3. The first-order valence-corrected chi connectivity index (χ1v) is 19.4. The van der Waals surface area contributed by atoms with Crippen molar-refractivity contribution in [2.75, 3.05) is 0 Å². The van der Waals surface area contributed by atoms with E-state index in [1.165, 1.54) is 71.9 Å². The quantitative estimate of drug-likeness (QED) is 0.182. The Morgan fingerprint density at radius 3 is 1.79 bits per heavy atom. The Kier molecular flexibility index (Phi) is 6.40. The summed E-state index contributed by atoms with van der Waals surface area (Å²) in [6, 6.07) is 64.2. The largest absolute Gasteiger partial charge is 0.309 e. The number of para-hydroxylation sites is 1. The minimum absolute atomic E-state index is 0.0537.